The number of nitrogens with zero attached hydrogens (tertiary/aromatic N) is 6. The zero-order chi connectivity index (χ0) is 73.5. The van der Waals surface area contributed by atoms with E-state index in [0.29, 0.717) is 42.1 Å². The first-order valence-corrected chi connectivity index (χ1v) is 37.7. The number of nitrogens with one attached hydrogen (secondary N) is 6. The molecule has 0 unspecified atom stereocenters. The summed E-state index contributed by atoms with van der Waals surface area (Å²) in [7, 11) is 0. The number of amides is 9. The largest absolute Gasteiger partial charge is 3.00 e. The van der Waals surface area contributed by atoms with E-state index in [9.17, 15) is 87.9 Å². The van der Waals surface area contributed by atoms with E-state index in [-0.39, 0.29) is 172 Å². The van der Waals surface area contributed by atoms with Gasteiger partial charge in [-0.2, -0.15) is 35.3 Å². The van der Waals surface area contributed by atoms with Crippen molar-refractivity contribution in [3.8, 4) is 0 Å². The Labute approximate surface area is 637 Å². The Balaban J connectivity index is 0.0000112. The molecule has 0 aromatic heterocycles. The molecule has 2 bridgehead atoms. The number of aliphatic hydroxyl groups excluding tert-OH is 1. The number of nitrogens with two attached hydrogens (primary N) is 1. The van der Waals surface area contributed by atoms with Crippen molar-refractivity contribution in [2.75, 3.05) is 115 Å². The molecule has 2 aromatic carbocycles. The Hall–Kier alpha value is -6.37. The Morgan fingerprint density at radius 3 is 1.70 bits per heavy atom. The van der Waals surface area contributed by atoms with Crippen molar-refractivity contribution in [2.24, 2.45) is 5.73 Å². The smallest absolute Gasteiger partial charge is 0.549 e. The molecule has 4 heterocycles. The van der Waals surface area contributed by atoms with E-state index in [1.807, 2.05) is 25.1 Å². The van der Waals surface area contributed by atoms with Crippen molar-refractivity contribution >= 4 is 112 Å². The van der Waals surface area contributed by atoms with Crippen LogP contribution in [-0.4, -0.2) is 275 Å². The van der Waals surface area contributed by atoms with Gasteiger partial charge in [0.15, 0.2) is 0 Å². The summed E-state index contributed by atoms with van der Waals surface area (Å²) in [5.41, 5.74) is 8.41. The summed E-state index contributed by atoms with van der Waals surface area (Å²) in [5.74, 6) is -10.9. The molecule has 570 valence electrons. The van der Waals surface area contributed by atoms with Crippen molar-refractivity contribution in [2.45, 2.75) is 150 Å². The molecule has 0 aliphatic carbocycles. The van der Waals surface area contributed by atoms with Crippen LogP contribution in [0.25, 0.3) is 0 Å². The summed E-state index contributed by atoms with van der Waals surface area (Å²) in [5, 5.41) is 74.8. The van der Waals surface area contributed by atoms with Gasteiger partial charge in [0.25, 0.3) is 0 Å². The average molecular weight is 1640 g/mol. The zero-order valence-corrected chi connectivity index (χ0v) is 61.6. The van der Waals surface area contributed by atoms with E-state index in [0.717, 1.165) is 41.3 Å². The molecule has 31 nitrogen and oxygen atoms in total. The van der Waals surface area contributed by atoms with Crippen molar-refractivity contribution in [3.05, 3.63) is 70.8 Å². The van der Waals surface area contributed by atoms with Crippen LogP contribution in [0.4, 0.5) is 0 Å². The minimum Gasteiger partial charge on any atom is -0.549 e. The second-order valence-electron chi connectivity index (χ2n) is 25.7. The van der Waals surface area contributed by atoms with Crippen LogP contribution < -0.4 is 58.1 Å². The van der Waals surface area contributed by atoms with Gasteiger partial charge in [-0.3, -0.25) is 62.8 Å². The Morgan fingerprint density at radius 2 is 1.16 bits per heavy atom. The van der Waals surface area contributed by atoms with Gasteiger partial charge in [-0.25, -0.2) is 0 Å². The third-order valence-corrected chi connectivity index (χ3v) is 20.8. The molecule has 9 amide bonds. The molecule has 3 fully saturated rings. The number of hydrogen-bond acceptors (Lipinski definition) is 25. The SMILES string of the molecule is CCCCCC(=O)N[C@H]1CSCc2cc(CSCCNC(=O)CN3CCN(CC(=O)[O-])CCN(CC(=O)[O-])CCN(CC(=O)[O-])CC3)cc(c2)CSC[C@@H](C(=O)[O-])NC(=O)[C@H](Cc2ccccc2)NC(=O)[C@H](CCC(N)=O)NC(=O)[C@H]([C@@H](C)O)NC(=O)[C@@H]2CCCN2C(=O)[C@@H]2CCCN2C1=O.[177Lu+3].[H+]. The fourth-order valence-electron chi connectivity index (χ4n) is 12.4. The van der Waals surface area contributed by atoms with Crippen LogP contribution in [0.2, 0.25) is 0 Å². The Bertz CT molecular complexity index is 3160. The number of carboxylic acids is 4. The normalized spacial score (nSPS) is 23.1. The van der Waals surface area contributed by atoms with E-state index in [2.05, 4.69) is 31.9 Å². The van der Waals surface area contributed by atoms with Gasteiger partial charge in [-0.15, -0.1) is 0 Å². The number of carbonyl (C=O) groups excluding carboxylic acids is 13. The Morgan fingerprint density at radius 1 is 0.627 bits per heavy atom. The third kappa shape index (κ3) is 30.0. The minimum absolute atomic E-state index is 0. The maximum Gasteiger partial charge on any atom is 3.00 e. The molecule has 4 aliphatic rings. The molecule has 0 radical (unpaired) electrons. The van der Waals surface area contributed by atoms with Crippen molar-refractivity contribution < 1.29 is 126 Å². The number of carbonyl (C=O) groups is 13. The van der Waals surface area contributed by atoms with Crippen LogP contribution in [-0.2, 0) is 86.0 Å². The molecule has 8 atom stereocenters. The molecule has 6 rings (SSSR count). The van der Waals surface area contributed by atoms with E-state index in [1.165, 1.54) is 45.1 Å². The van der Waals surface area contributed by atoms with Crippen LogP contribution in [0.5, 0.6) is 0 Å². The van der Waals surface area contributed by atoms with E-state index < -0.39 is 146 Å². The number of hydrogen-bond donors (Lipinski definition) is 8. The topological polar surface area (TPSA) is 452 Å². The van der Waals surface area contributed by atoms with Crippen LogP contribution in [0.1, 0.15) is 102 Å². The van der Waals surface area contributed by atoms with Gasteiger partial charge < -0.3 is 92.1 Å². The molecule has 35 heteroatoms. The number of rotatable bonds is 25. The summed E-state index contributed by atoms with van der Waals surface area (Å²) < 4.78 is 0. The Kier molecular flexibility index (Phi) is 38.1. The predicted octanol–water partition coefficient (Wildman–Crippen LogP) is -6.28. The van der Waals surface area contributed by atoms with Gasteiger partial charge in [0, 0.05) is 145 Å². The number of unbranched alkanes of at least 4 members (excludes halogenated alkanes) is 2. The first kappa shape index (κ1) is 86.3. The van der Waals surface area contributed by atoms with Crippen molar-refractivity contribution in [1.82, 2.24) is 61.3 Å². The number of carboxylic acid groups (broad SMARTS) is 4. The van der Waals surface area contributed by atoms with E-state index in [1.54, 1.807) is 45.0 Å². The first-order valence-electron chi connectivity index (χ1n) is 34.2. The molecule has 0 saturated carbocycles. The number of benzene rings is 2. The zero-order valence-electron chi connectivity index (χ0n) is 58.5. The quantitative estimate of drug-likeness (QED) is 0.0429. The summed E-state index contributed by atoms with van der Waals surface area (Å²) in [6, 6.07) is 4.54. The molecule has 0 spiro atoms. The van der Waals surface area contributed by atoms with Gasteiger partial charge in [0.2, 0.25) is 53.2 Å². The summed E-state index contributed by atoms with van der Waals surface area (Å²) in [4.78, 5) is 183. The van der Waals surface area contributed by atoms with Gasteiger partial charge in [0.05, 0.1) is 42.6 Å². The number of thioether (sulfide) groups is 3. The van der Waals surface area contributed by atoms with Crippen LogP contribution in [0.3, 0.4) is 0 Å². The fourth-order valence-corrected chi connectivity index (χ4v) is 15.1. The van der Waals surface area contributed by atoms with Gasteiger partial charge in [-0.05, 0) is 67.7 Å². The predicted molar refractivity (Wildman–Crippen MR) is 368 cm³/mol. The van der Waals surface area contributed by atoms with Crippen LogP contribution in [0, 0.1) is 36.9 Å². The summed E-state index contributed by atoms with van der Waals surface area (Å²) >= 11 is 4.00. The second kappa shape index (κ2) is 45.1. The van der Waals surface area contributed by atoms with Crippen molar-refractivity contribution in [1.29, 1.82) is 0 Å². The number of aliphatic hydroxyl groups is 1. The first-order chi connectivity index (χ1) is 48.3. The monoisotopic (exact) mass is 1640 g/mol. The van der Waals surface area contributed by atoms with Gasteiger partial charge in [0.1, 0.15) is 36.3 Å². The second-order valence-corrected chi connectivity index (χ2v) is 28.9. The molecular formula is C67H96LuN13O18S3. The summed E-state index contributed by atoms with van der Waals surface area (Å²) in [6.07, 6.45) is 0.945. The molecule has 2 aromatic rings. The number of fused-ring (bicyclic) bond motifs is 4. The standard InChI is InChI=1S/C67H99N13O18S3.Lu/c1-3-4-6-15-55(83)70-50-41-100-39-46-30-45(38-99-29-18-69-56(84)34-75-21-23-76(35-57(85)86)25-27-78(37-59(89)90)28-26-77(24-22-75)36-58(87)88)31-47(32-46)40-101-42-51(67(97)98)73-62(92)49(33-44-11-7-5-8-12-44)72-61(91)48(16-17-54(68)82)71-64(94)60(43(2)81)74-63(93)52-13-9-19-79(52)66(96)53-14-10-20-80(53)65(50)95;/h5,7-8,11-12,30-32,43,48-53,60,81H,3-4,6,9-10,13-29,33-42H2,1-2H3,(H2,68,82)(H,69,84)(H,70,83)(H,71,94)(H,72,91)(H,73,92)(H,74,93)(H,85,86)(H,87,88)(H,89,90)(H,97,98);/q;+3/p-3/t43-,48+,49+,50+,51+,52+,53+,60+;/m1./s1/i;1+2. The molecule has 3 saturated heterocycles. The average Bonchev–Trinajstić information content (AvgIpc) is 1.71. The molecule has 4 aliphatic heterocycles. The fraction of sp³-hybridized carbons (Fsp3) is 0.627. The van der Waals surface area contributed by atoms with Gasteiger partial charge in [-0.1, -0.05) is 68.3 Å². The molecular weight excluding hydrogens is 1550 g/mol. The third-order valence-electron chi connectivity index (χ3n) is 17.6. The van der Waals surface area contributed by atoms with Gasteiger partial charge >= 0.3 is 38.3 Å². The number of aliphatic carboxylic acids is 4. The maximum absolute atomic E-state index is 14.9. The van der Waals surface area contributed by atoms with Crippen LogP contribution in [0.15, 0.2) is 48.5 Å². The van der Waals surface area contributed by atoms with E-state index >= 15 is 0 Å². The maximum atomic E-state index is 14.9. The molecule has 102 heavy (non-hydrogen) atoms. The van der Waals surface area contributed by atoms with Crippen LogP contribution >= 0.6 is 35.3 Å². The number of primary amides is 1. The van der Waals surface area contributed by atoms with E-state index in [4.69, 9.17) is 5.73 Å². The minimum atomic E-state index is -1.72. The van der Waals surface area contributed by atoms with Crippen molar-refractivity contribution in [3.63, 3.8) is 0 Å². The molecule has 9 N–H and O–H groups in total. The summed E-state index contributed by atoms with van der Waals surface area (Å²) in [6.45, 7) is 3.55.